The fraction of sp³-hybridized carbons (Fsp3) is 0.556. The van der Waals surface area contributed by atoms with Crippen LogP contribution in [0.15, 0.2) is 24.3 Å². The van der Waals surface area contributed by atoms with E-state index in [2.05, 4.69) is 46.7 Å². The van der Waals surface area contributed by atoms with Gasteiger partial charge in [0.1, 0.15) is 6.04 Å². The van der Waals surface area contributed by atoms with E-state index >= 15 is 0 Å². The molecule has 1 heterocycles. The number of nitrogens with zero attached hydrogens (tertiary/aromatic N) is 1. The van der Waals surface area contributed by atoms with E-state index in [9.17, 15) is 9.59 Å². The lowest BCUT2D eigenvalue weighted by molar-refractivity contribution is -0.131. The van der Waals surface area contributed by atoms with Crippen molar-refractivity contribution in [3.05, 3.63) is 35.4 Å². The zero-order valence-electron chi connectivity index (χ0n) is 14.3. The number of hydrogen-bond donors (Lipinski definition) is 2. The predicted molar refractivity (Wildman–Crippen MR) is 91.0 cm³/mol. The lowest BCUT2D eigenvalue weighted by Gasteiger charge is -2.27. The van der Waals surface area contributed by atoms with Crippen LogP contribution < -0.4 is 10.6 Å². The van der Waals surface area contributed by atoms with Crippen molar-refractivity contribution in [2.75, 3.05) is 20.6 Å². The molecule has 2 amide bonds. The van der Waals surface area contributed by atoms with Crippen molar-refractivity contribution < 1.29 is 9.59 Å². The van der Waals surface area contributed by atoms with Gasteiger partial charge in [-0.05, 0) is 44.5 Å². The third-order valence-corrected chi connectivity index (χ3v) is 4.41. The number of carbonyl (C=O) groups is 2. The third kappa shape index (κ3) is 4.79. The highest BCUT2D eigenvalue weighted by Gasteiger charge is 2.25. The van der Waals surface area contributed by atoms with Crippen LogP contribution in [-0.2, 0) is 16.0 Å². The molecule has 0 spiro atoms. The number of aryl methyl sites for hydroxylation is 1. The first-order valence-corrected chi connectivity index (χ1v) is 8.33. The SMILES string of the molecule is CCc1ccc([C@@H](CNC(=O)[C@H]2CCCC(=O)N2)N(C)C)cc1. The Morgan fingerprint density at radius 1 is 1.35 bits per heavy atom. The molecule has 0 aromatic heterocycles. The monoisotopic (exact) mass is 317 g/mol. The molecule has 0 radical (unpaired) electrons. The summed E-state index contributed by atoms with van der Waals surface area (Å²) in [6, 6.07) is 8.24. The van der Waals surface area contributed by atoms with Gasteiger partial charge < -0.3 is 15.5 Å². The van der Waals surface area contributed by atoms with Gasteiger partial charge in [-0.1, -0.05) is 31.2 Å². The zero-order chi connectivity index (χ0) is 16.8. The molecule has 0 saturated carbocycles. The largest absolute Gasteiger partial charge is 0.352 e. The molecule has 2 rings (SSSR count). The minimum atomic E-state index is -0.387. The molecule has 5 nitrogen and oxygen atoms in total. The van der Waals surface area contributed by atoms with E-state index < -0.39 is 0 Å². The number of carbonyl (C=O) groups excluding carboxylic acids is 2. The molecule has 1 aliphatic heterocycles. The Morgan fingerprint density at radius 2 is 2.04 bits per heavy atom. The summed E-state index contributed by atoms with van der Waals surface area (Å²) in [4.78, 5) is 25.8. The standard InChI is InChI=1S/C18H27N3O2/c1-4-13-8-10-14(11-9-13)16(21(2)3)12-19-18(23)15-6-5-7-17(22)20-15/h8-11,15-16H,4-7,12H2,1-3H3,(H,19,23)(H,20,22)/t15-,16-/m1/s1. The van der Waals surface area contributed by atoms with Crippen molar-refractivity contribution in [3.63, 3.8) is 0 Å². The van der Waals surface area contributed by atoms with Crippen molar-refractivity contribution in [1.82, 2.24) is 15.5 Å². The summed E-state index contributed by atoms with van der Waals surface area (Å²) in [6.45, 7) is 2.67. The molecular formula is C18H27N3O2. The van der Waals surface area contributed by atoms with Gasteiger partial charge in [-0.3, -0.25) is 9.59 Å². The van der Waals surface area contributed by atoms with Gasteiger partial charge in [0.15, 0.2) is 0 Å². The fourth-order valence-electron chi connectivity index (χ4n) is 2.90. The highest BCUT2D eigenvalue weighted by molar-refractivity contribution is 5.88. The van der Waals surface area contributed by atoms with E-state index in [-0.39, 0.29) is 23.9 Å². The van der Waals surface area contributed by atoms with E-state index in [0.717, 1.165) is 19.3 Å². The number of rotatable bonds is 6. The number of nitrogens with one attached hydrogen (secondary N) is 2. The fourth-order valence-corrected chi connectivity index (χ4v) is 2.90. The Hall–Kier alpha value is -1.88. The summed E-state index contributed by atoms with van der Waals surface area (Å²) in [5, 5.41) is 5.75. The van der Waals surface area contributed by atoms with Gasteiger partial charge in [-0.25, -0.2) is 0 Å². The van der Waals surface area contributed by atoms with Crippen molar-refractivity contribution in [2.24, 2.45) is 0 Å². The van der Waals surface area contributed by atoms with Gasteiger partial charge in [0.2, 0.25) is 11.8 Å². The first-order chi connectivity index (χ1) is 11.0. The molecule has 126 valence electrons. The Morgan fingerprint density at radius 3 is 2.61 bits per heavy atom. The molecule has 2 N–H and O–H groups in total. The molecule has 1 fully saturated rings. The summed E-state index contributed by atoms with van der Waals surface area (Å²) >= 11 is 0. The van der Waals surface area contributed by atoms with Crippen LogP contribution in [0, 0.1) is 0 Å². The first kappa shape index (κ1) is 17.5. The topological polar surface area (TPSA) is 61.4 Å². The minimum Gasteiger partial charge on any atom is -0.352 e. The summed E-state index contributed by atoms with van der Waals surface area (Å²) in [7, 11) is 4.01. The van der Waals surface area contributed by atoms with Crippen molar-refractivity contribution in [1.29, 1.82) is 0 Å². The van der Waals surface area contributed by atoms with E-state index in [4.69, 9.17) is 0 Å². The lowest BCUT2D eigenvalue weighted by atomic mass is 10.0. The maximum Gasteiger partial charge on any atom is 0.242 e. The average molecular weight is 317 g/mol. The number of piperidine rings is 1. The Kier molecular flexibility index (Phi) is 6.16. The minimum absolute atomic E-state index is 0.0317. The third-order valence-electron chi connectivity index (χ3n) is 4.41. The molecular weight excluding hydrogens is 290 g/mol. The Balaban J connectivity index is 1.96. The molecule has 0 bridgehead atoms. The molecule has 1 aromatic rings. The van der Waals surface area contributed by atoms with Crippen LogP contribution in [0.25, 0.3) is 0 Å². The second-order valence-corrected chi connectivity index (χ2v) is 6.33. The van der Waals surface area contributed by atoms with Gasteiger partial charge in [-0.2, -0.15) is 0 Å². The number of hydrogen-bond acceptors (Lipinski definition) is 3. The molecule has 2 atom stereocenters. The van der Waals surface area contributed by atoms with Gasteiger partial charge in [0.05, 0.1) is 6.04 Å². The maximum atomic E-state index is 12.3. The molecule has 1 aromatic carbocycles. The van der Waals surface area contributed by atoms with Crippen LogP contribution in [0.2, 0.25) is 0 Å². The van der Waals surface area contributed by atoms with E-state index in [1.807, 2.05) is 14.1 Å². The first-order valence-electron chi connectivity index (χ1n) is 8.33. The predicted octanol–water partition coefficient (Wildman–Crippen LogP) is 1.64. The van der Waals surface area contributed by atoms with Crippen molar-refractivity contribution in [2.45, 2.75) is 44.7 Å². The Labute approximate surface area is 138 Å². The molecule has 5 heteroatoms. The van der Waals surface area contributed by atoms with Gasteiger partial charge in [-0.15, -0.1) is 0 Å². The number of amides is 2. The molecule has 23 heavy (non-hydrogen) atoms. The second kappa shape index (κ2) is 8.11. The van der Waals surface area contributed by atoms with Gasteiger partial charge in [0.25, 0.3) is 0 Å². The van der Waals surface area contributed by atoms with Crippen LogP contribution in [0.4, 0.5) is 0 Å². The van der Waals surface area contributed by atoms with E-state index in [1.54, 1.807) is 0 Å². The van der Waals surface area contributed by atoms with Crippen LogP contribution in [-0.4, -0.2) is 43.4 Å². The molecule has 1 saturated heterocycles. The lowest BCUT2D eigenvalue weighted by Crippen LogP contribution is -2.50. The summed E-state index contributed by atoms with van der Waals surface area (Å²) < 4.78 is 0. The zero-order valence-corrected chi connectivity index (χ0v) is 14.3. The highest BCUT2D eigenvalue weighted by atomic mass is 16.2. The van der Waals surface area contributed by atoms with Gasteiger partial charge in [0, 0.05) is 13.0 Å². The van der Waals surface area contributed by atoms with Crippen LogP contribution >= 0.6 is 0 Å². The van der Waals surface area contributed by atoms with Crippen LogP contribution in [0.1, 0.15) is 43.4 Å². The van der Waals surface area contributed by atoms with Crippen LogP contribution in [0.5, 0.6) is 0 Å². The summed E-state index contributed by atoms with van der Waals surface area (Å²) in [5.41, 5.74) is 2.49. The average Bonchev–Trinajstić information content (AvgIpc) is 2.55. The summed E-state index contributed by atoms with van der Waals surface area (Å²) in [6.07, 6.45) is 3.04. The van der Waals surface area contributed by atoms with Gasteiger partial charge >= 0.3 is 0 Å². The normalized spacial score (nSPS) is 19.3. The maximum absolute atomic E-state index is 12.3. The van der Waals surface area contributed by atoms with Crippen molar-refractivity contribution >= 4 is 11.8 Å². The van der Waals surface area contributed by atoms with Crippen molar-refractivity contribution in [3.8, 4) is 0 Å². The number of benzene rings is 1. The molecule has 1 aliphatic rings. The second-order valence-electron chi connectivity index (χ2n) is 6.33. The smallest absolute Gasteiger partial charge is 0.242 e. The molecule has 0 unspecified atom stereocenters. The highest BCUT2D eigenvalue weighted by Crippen LogP contribution is 2.18. The summed E-state index contributed by atoms with van der Waals surface area (Å²) in [5.74, 6) is -0.120. The number of likely N-dealkylation sites (N-methyl/N-ethyl adjacent to an activating group) is 1. The quantitative estimate of drug-likeness (QED) is 0.838. The van der Waals surface area contributed by atoms with E-state index in [1.165, 1.54) is 11.1 Å². The molecule has 0 aliphatic carbocycles. The Bertz CT molecular complexity index is 540. The van der Waals surface area contributed by atoms with Crippen LogP contribution in [0.3, 0.4) is 0 Å². The van der Waals surface area contributed by atoms with E-state index in [0.29, 0.717) is 13.0 Å².